The third-order valence-electron chi connectivity index (χ3n) is 2.35. The third-order valence-corrected chi connectivity index (χ3v) is 3.94. The van der Waals surface area contributed by atoms with Crippen LogP contribution in [-0.4, -0.2) is 22.5 Å². The molecule has 1 aliphatic heterocycles. The van der Waals surface area contributed by atoms with Crippen molar-refractivity contribution >= 4 is 34.9 Å². The van der Waals surface area contributed by atoms with Gasteiger partial charge in [-0.25, -0.2) is 4.98 Å². The van der Waals surface area contributed by atoms with Crippen LogP contribution in [0.4, 0.5) is 11.5 Å². The Kier molecular flexibility index (Phi) is 3.59. The predicted molar refractivity (Wildman–Crippen MR) is 67.6 cm³/mol. The third kappa shape index (κ3) is 3.18. The molecule has 2 rings (SSSR count). The Morgan fingerprint density at radius 3 is 3.13 bits per heavy atom. The second-order valence-corrected chi connectivity index (χ2v) is 5.42. The van der Waals surface area contributed by atoms with E-state index in [1.54, 1.807) is 6.07 Å². The average molecular weight is 244 g/mol. The Morgan fingerprint density at radius 2 is 2.47 bits per heavy atom. The highest BCUT2D eigenvalue weighted by Crippen LogP contribution is 2.26. The van der Waals surface area contributed by atoms with Crippen LogP contribution >= 0.6 is 23.4 Å². The van der Waals surface area contributed by atoms with E-state index >= 15 is 0 Å². The molecule has 1 saturated heterocycles. The molecule has 1 aromatic rings. The van der Waals surface area contributed by atoms with E-state index in [4.69, 9.17) is 17.3 Å². The zero-order chi connectivity index (χ0) is 10.7. The molecule has 1 fully saturated rings. The molecule has 82 valence electrons. The summed E-state index contributed by atoms with van der Waals surface area (Å²) in [6, 6.07) is 3.46. The van der Waals surface area contributed by atoms with Crippen LogP contribution in [0.15, 0.2) is 12.1 Å². The Hall–Kier alpha value is -0.610. The molecule has 0 spiro atoms. The molecule has 1 atom stereocenters. The minimum Gasteiger partial charge on any atom is -0.399 e. The highest BCUT2D eigenvalue weighted by atomic mass is 35.5. The van der Waals surface area contributed by atoms with Gasteiger partial charge in [0, 0.05) is 23.5 Å². The summed E-state index contributed by atoms with van der Waals surface area (Å²) in [7, 11) is 0. The number of thioether (sulfide) groups is 1. The molecule has 0 radical (unpaired) electrons. The number of nitrogens with two attached hydrogens (primary N) is 1. The molecule has 0 bridgehead atoms. The van der Waals surface area contributed by atoms with Crippen molar-refractivity contribution in [2.24, 2.45) is 0 Å². The first kappa shape index (κ1) is 10.9. The number of nitrogens with one attached hydrogen (secondary N) is 1. The first-order valence-electron chi connectivity index (χ1n) is 5.02. The summed E-state index contributed by atoms with van der Waals surface area (Å²) in [5, 5.41) is 4.41. The lowest BCUT2D eigenvalue weighted by molar-refractivity contribution is 0.803. The number of rotatable bonds is 3. The average Bonchev–Trinajstić information content (AvgIpc) is 2.65. The van der Waals surface area contributed by atoms with E-state index in [0.717, 1.165) is 12.4 Å². The second-order valence-electron chi connectivity index (χ2n) is 3.62. The molecule has 1 aromatic heterocycles. The van der Waals surface area contributed by atoms with Gasteiger partial charge in [-0.1, -0.05) is 11.6 Å². The zero-order valence-electron chi connectivity index (χ0n) is 8.37. The van der Waals surface area contributed by atoms with Crippen molar-refractivity contribution in [2.75, 3.05) is 23.3 Å². The van der Waals surface area contributed by atoms with Crippen molar-refractivity contribution in [3.8, 4) is 0 Å². The lowest BCUT2D eigenvalue weighted by Gasteiger charge is -2.11. The van der Waals surface area contributed by atoms with Crippen LogP contribution in [0.5, 0.6) is 0 Å². The monoisotopic (exact) mass is 243 g/mol. The number of nitrogens with zero attached hydrogens (tertiary/aromatic N) is 1. The number of aromatic nitrogens is 1. The van der Waals surface area contributed by atoms with E-state index < -0.39 is 0 Å². The van der Waals surface area contributed by atoms with Crippen LogP contribution in [0.1, 0.15) is 12.8 Å². The van der Waals surface area contributed by atoms with Crippen LogP contribution in [0.3, 0.4) is 0 Å². The Morgan fingerprint density at radius 1 is 1.60 bits per heavy atom. The fourth-order valence-electron chi connectivity index (χ4n) is 1.63. The van der Waals surface area contributed by atoms with E-state index in [0.29, 0.717) is 16.1 Å². The zero-order valence-corrected chi connectivity index (χ0v) is 9.94. The fraction of sp³-hybridized carbons (Fsp3) is 0.500. The van der Waals surface area contributed by atoms with E-state index in [9.17, 15) is 0 Å². The smallest absolute Gasteiger partial charge is 0.133 e. The number of anilines is 2. The molecule has 1 unspecified atom stereocenters. The van der Waals surface area contributed by atoms with Gasteiger partial charge in [-0.2, -0.15) is 11.8 Å². The van der Waals surface area contributed by atoms with Crippen LogP contribution in [0, 0.1) is 0 Å². The summed E-state index contributed by atoms with van der Waals surface area (Å²) >= 11 is 7.82. The van der Waals surface area contributed by atoms with Gasteiger partial charge >= 0.3 is 0 Å². The lowest BCUT2D eigenvalue weighted by atomic mass is 10.2. The molecule has 0 amide bonds. The van der Waals surface area contributed by atoms with Gasteiger partial charge in [0.1, 0.15) is 11.0 Å². The lowest BCUT2D eigenvalue weighted by Crippen LogP contribution is -2.14. The van der Waals surface area contributed by atoms with Crippen molar-refractivity contribution in [1.82, 2.24) is 4.98 Å². The molecule has 5 heteroatoms. The molecule has 2 heterocycles. The molecule has 3 nitrogen and oxygen atoms in total. The van der Waals surface area contributed by atoms with Crippen LogP contribution in [0.2, 0.25) is 5.15 Å². The van der Waals surface area contributed by atoms with Gasteiger partial charge in [0.15, 0.2) is 0 Å². The van der Waals surface area contributed by atoms with Crippen molar-refractivity contribution in [1.29, 1.82) is 0 Å². The summed E-state index contributed by atoms with van der Waals surface area (Å²) in [5.41, 5.74) is 6.32. The minimum absolute atomic E-state index is 0.441. The van der Waals surface area contributed by atoms with Crippen LogP contribution in [-0.2, 0) is 0 Å². The highest BCUT2D eigenvalue weighted by molar-refractivity contribution is 8.00. The quantitative estimate of drug-likeness (QED) is 0.802. The number of pyridine rings is 1. The first-order valence-corrected chi connectivity index (χ1v) is 6.45. The second kappa shape index (κ2) is 4.94. The first-order chi connectivity index (χ1) is 7.24. The minimum atomic E-state index is 0.441. The van der Waals surface area contributed by atoms with Gasteiger partial charge in [0.25, 0.3) is 0 Å². The Balaban J connectivity index is 1.92. The summed E-state index contributed by atoms with van der Waals surface area (Å²) in [4.78, 5) is 4.16. The van der Waals surface area contributed by atoms with Gasteiger partial charge < -0.3 is 11.1 Å². The van der Waals surface area contributed by atoms with Gasteiger partial charge in [0.2, 0.25) is 0 Å². The maximum absolute atomic E-state index is 5.81. The summed E-state index contributed by atoms with van der Waals surface area (Å²) in [5.74, 6) is 2.05. The van der Waals surface area contributed by atoms with Crippen LogP contribution < -0.4 is 11.1 Å². The summed E-state index contributed by atoms with van der Waals surface area (Å²) in [6.07, 6.45) is 2.61. The standard InChI is InChI=1S/C10H14ClN3S/c11-9-4-7(12)5-10(14-9)13-6-8-2-1-3-15-8/h4-5,8H,1-3,6H2,(H3,12,13,14). The van der Waals surface area contributed by atoms with Crippen molar-refractivity contribution in [3.05, 3.63) is 17.3 Å². The van der Waals surface area contributed by atoms with Crippen LogP contribution in [0.25, 0.3) is 0 Å². The number of nitrogen functional groups attached to an aromatic ring is 1. The molecule has 0 aromatic carbocycles. The highest BCUT2D eigenvalue weighted by Gasteiger charge is 2.15. The summed E-state index contributed by atoms with van der Waals surface area (Å²) in [6.45, 7) is 0.942. The summed E-state index contributed by atoms with van der Waals surface area (Å²) < 4.78 is 0. The topological polar surface area (TPSA) is 50.9 Å². The maximum atomic E-state index is 5.81. The Labute approximate surface area is 98.8 Å². The number of hydrogen-bond acceptors (Lipinski definition) is 4. The van der Waals surface area contributed by atoms with E-state index in [1.807, 2.05) is 17.8 Å². The predicted octanol–water partition coefficient (Wildman–Crippen LogP) is 2.62. The van der Waals surface area contributed by atoms with Gasteiger partial charge in [-0.15, -0.1) is 0 Å². The SMILES string of the molecule is Nc1cc(Cl)nc(NCC2CCCS2)c1. The Bertz CT molecular complexity index is 319. The molecular formula is C10H14ClN3S. The van der Waals surface area contributed by atoms with Gasteiger partial charge in [-0.05, 0) is 24.7 Å². The normalized spacial score (nSPS) is 20.5. The number of hydrogen-bond donors (Lipinski definition) is 2. The van der Waals surface area contributed by atoms with Crippen molar-refractivity contribution in [3.63, 3.8) is 0 Å². The van der Waals surface area contributed by atoms with Gasteiger partial charge in [0.05, 0.1) is 0 Å². The molecule has 0 saturated carbocycles. The maximum Gasteiger partial charge on any atom is 0.133 e. The molecule has 0 aliphatic carbocycles. The van der Waals surface area contributed by atoms with Gasteiger partial charge in [-0.3, -0.25) is 0 Å². The largest absolute Gasteiger partial charge is 0.399 e. The molecule has 1 aliphatic rings. The fourth-order valence-corrected chi connectivity index (χ4v) is 3.05. The van der Waals surface area contributed by atoms with Crippen molar-refractivity contribution in [2.45, 2.75) is 18.1 Å². The number of halogens is 1. The van der Waals surface area contributed by atoms with E-state index in [2.05, 4.69) is 10.3 Å². The van der Waals surface area contributed by atoms with Crippen molar-refractivity contribution < 1.29 is 0 Å². The molecule has 15 heavy (non-hydrogen) atoms. The molecule has 3 N–H and O–H groups in total. The van der Waals surface area contributed by atoms with E-state index in [1.165, 1.54) is 18.6 Å². The van der Waals surface area contributed by atoms with E-state index in [-0.39, 0.29) is 0 Å². The molecular weight excluding hydrogens is 230 g/mol.